The number of hydrogen-bond acceptors (Lipinski definition) is 1. The molecular weight excluding hydrogens is 494 g/mol. The molecule has 1 nitrogen and oxygen atoms in total. The fraction of sp³-hybridized carbons (Fsp3) is 0.850. The molecule has 4 rings (SSSR count). The molecule has 41 heavy (non-hydrogen) atoms. The SMILES string of the molecule is Cc1c(C(C)(C)C)cc(CC2CCC(CC3CCC(CC4CC(C)(C)N(C)C(C)(C)C4)CC3)CC2)cc1C(C)(C)C. The van der Waals surface area contributed by atoms with Crippen LogP contribution in [0.15, 0.2) is 12.1 Å². The Morgan fingerprint density at radius 3 is 1.32 bits per heavy atom. The summed E-state index contributed by atoms with van der Waals surface area (Å²) < 4.78 is 0. The summed E-state index contributed by atoms with van der Waals surface area (Å²) in [6.07, 6.45) is 19.0. The lowest BCUT2D eigenvalue weighted by Gasteiger charge is -2.54. The molecule has 0 unspecified atom stereocenters. The average Bonchev–Trinajstić information content (AvgIpc) is 2.84. The van der Waals surface area contributed by atoms with Gasteiger partial charge in [-0.1, -0.05) is 92.2 Å². The number of likely N-dealkylation sites (tertiary alicyclic amines) is 1. The molecule has 1 aromatic carbocycles. The summed E-state index contributed by atoms with van der Waals surface area (Å²) in [7, 11) is 2.35. The molecule has 0 spiro atoms. The maximum atomic E-state index is 2.65. The van der Waals surface area contributed by atoms with E-state index >= 15 is 0 Å². The van der Waals surface area contributed by atoms with E-state index in [1.807, 2.05) is 0 Å². The fourth-order valence-corrected chi connectivity index (χ4v) is 9.85. The molecule has 1 aliphatic heterocycles. The predicted octanol–water partition coefficient (Wildman–Crippen LogP) is 11.4. The first-order valence-corrected chi connectivity index (χ1v) is 17.7. The van der Waals surface area contributed by atoms with Crippen LogP contribution in [-0.2, 0) is 17.3 Å². The highest BCUT2D eigenvalue weighted by Crippen LogP contribution is 2.46. The molecule has 0 bridgehead atoms. The molecule has 0 radical (unpaired) electrons. The highest BCUT2D eigenvalue weighted by Gasteiger charge is 2.43. The molecule has 1 aromatic rings. The van der Waals surface area contributed by atoms with Crippen LogP contribution in [0.25, 0.3) is 0 Å². The average molecular weight is 564 g/mol. The second-order valence-corrected chi connectivity index (χ2v) is 18.7. The molecular formula is C40H69N. The van der Waals surface area contributed by atoms with Crippen LogP contribution in [0.4, 0.5) is 0 Å². The second-order valence-electron chi connectivity index (χ2n) is 18.7. The van der Waals surface area contributed by atoms with Crippen molar-refractivity contribution in [1.82, 2.24) is 4.90 Å². The van der Waals surface area contributed by atoms with E-state index in [9.17, 15) is 0 Å². The molecule has 0 aromatic heterocycles. The van der Waals surface area contributed by atoms with Crippen molar-refractivity contribution in [3.63, 3.8) is 0 Å². The third kappa shape index (κ3) is 8.22. The summed E-state index contributed by atoms with van der Waals surface area (Å²) in [5.41, 5.74) is 7.33. The van der Waals surface area contributed by atoms with Gasteiger partial charge in [0.2, 0.25) is 0 Å². The Hall–Kier alpha value is -0.820. The number of hydrogen-bond donors (Lipinski definition) is 0. The summed E-state index contributed by atoms with van der Waals surface area (Å²) in [4.78, 5) is 2.65. The highest BCUT2D eigenvalue weighted by molar-refractivity contribution is 5.45. The molecule has 2 saturated carbocycles. The van der Waals surface area contributed by atoms with Gasteiger partial charge in [-0.05, 0) is 149 Å². The lowest BCUT2D eigenvalue weighted by Crippen LogP contribution is -2.58. The maximum absolute atomic E-state index is 2.65. The summed E-state index contributed by atoms with van der Waals surface area (Å²) >= 11 is 0. The van der Waals surface area contributed by atoms with E-state index in [0.29, 0.717) is 11.1 Å². The van der Waals surface area contributed by atoms with Crippen LogP contribution in [0.1, 0.15) is 169 Å². The number of nitrogens with zero attached hydrogens (tertiary/aromatic N) is 1. The fourth-order valence-electron chi connectivity index (χ4n) is 9.85. The van der Waals surface area contributed by atoms with E-state index in [4.69, 9.17) is 0 Å². The van der Waals surface area contributed by atoms with Crippen molar-refractivity contribution in [2.75, 3.05) is 7.05 Å². The van der Waals surface area contributed by atoms with Crippen LogP contribution in [-0.4, -0.2) is 23.0 Å². The Morgan fingerprint density at radius 2 is 0.951 bits per heavy atom. The van der Waals surface area contributed by atoms with Crippen molar-refractivity contribution in [3.05, 3.63) is 34.4 Å². The molecule has 0 atom stereocenters. The van der Waals surface area contributed by atoms with Gasteiger partial charge in [-0.15, -0.1) is 0 Å². The smallest absolute Gasteiger partial charge is 0.0158 e. The second kappa shape index (κ2) is 12.3. The van der Waals surface area contributed by atoms with Crippen molar-refractivity contribution in [2.24, 2.45) is 29.6 Å². The number of benzene rings is 1. The first kappa shape index (κ1) is 33.1. The molecule has 0 N–H and O–H groups in total. The Morgan fingerprint density at radius 1 is 0.610 bits per heavy atom. The zero-order valence-electron chi connectivity index (χ0n) is 29.7. The Kier molecular flexibility index (Phi) is 9.91. The van der Waals surface area contributed by atoms with Gasteiger partial charge in [-0.3, -0.25) is 4.90 Å². The van der Waals surface area contributed by atoms with Gasteiger partial charge in [-0.25, -0.2) is 0 Å². The third-order valence-electron chi connectivity index (χ3n) is 12.3. The zero-order chi connectivity index (χ0) is 30.4. The van der Waals surface area contributed by atoms with E-state index in [2.05, 4.69) is 100 Å². The minimum atomic E-state index is 0.205. The van der Waals surface area contributed by atoms with Crippen LogP contribution < -0.4 is 0 Å². The van der Waals surface area contributed by atoms with Gasteiger partial charge in [-0.2, -0.15) is 0 Å². The first-order chi connectivity index (χ1) is 18.8. The molecule has 1 heterocycles. The molecule has 3 fully saturated rings. The van der Waals surface area contributed by atoms with Crippen molar-refractivity contribution in [1.29, 1.82) is 0 Å². The lowest BCUT2D eigenvalue weighted by molar-refractivity contribution is -0.0366. The van der Waals surface area contributed by atoms with E-state index < -0.39 is 0 Å². The van der Waals surface area contributed by atoms with Crippen molar-refractivity contribution in [3.8, 4) is 0 Å². The van der Waals surface area contributed by atoms with Gasteiger partial charge in [0.1, 0.15) is 0 Å². The number of piperidine rings is 1. The summed E-state index contributed by atoms with van der Waals surface area (Å²) in [5, 5.41) is 0. The van der Waals surface area contributed by atoms with E-state index in [1.165, 1.54) is 89.0 Å². The highest BCUT2D eigenvalue weighted by atomic mass is 15.2. The Labute approximate surface area is 257 Å². The van der Waals surface area contributed by atoms with Gasteiger partial charge < -0.3 is 0 Å². The van der Waals surface area contributed by atoms with Gasteiger partial charge >= 0.3 is 0 Å². The minimum absolute atomic E-state index is 0.205. The maximum Gasteiger partial charge on any atom is 0.0158 e. The minimum Gasteiger partial charge on any atom is -0.296 e. The largest absolute Gasteiger partial charge is 0.296 e. The van der Waals surface area contributed by atoms with Crippen LogP contribution >= 0.6 is 0 Å². The van der Waals surface area contributed by atoms with Crippen LogP contribution in [0.2, 0.25) is 0 Å². The van der Waals surface area contributed by atoms with Crippen molar-refractivity contribution in [2.45, 2.75) is 182 Å². The van der Waals surface area contributed by atoms with Crippen molar-refractivity contribution >= 4 is 0 Å². The Bertz CT molecular complexity index is 945. The molecule has 0 amide bonds. The van der Waals surface area contributed by atoms with Gasteiger partial charge in [0.15, 0.2) is 0 Å². The molecule has 2 aliphatic carbocycles. The first-order valence-electron chi connectivity index (χ1n) is 17.7. The van der Waals surface area contributed by atoms with E-state index in [0.717, 1.165) is 29.6 Å². The molecule has 3 aliphatic rings. The van der Waals surface area contributed by atoms with Gasteiger partial charge in [0, 0.05) is 11.1 Å². The lowest BCUT2D eigenvalue weighted by atomic mass is 9.68. The number of rotatable bonds is 6. The standard InChI is InChI=1S/C40H69N/c1-28-35(37(2,3)4)24-33(25-36(28)38(5,6)7)22-31-17-13-29(14-18-31)21-30-15-19-32(20-16-30)23-34-26-39(8,9)41(12)40(10,11)27-34/h24-25,29-32,34H,13-23,26-27H2,1-12H3. The van der Waals surface area contributed by atoms with Crippen molar-refractivity contribution < 1.29 is 0 Å². The van der Waals surface area contributed by atoms with Crippen LogP contribution in [0.5, 0.6) is 0 Å². The predicted molar refractivity (Wildman–Crippen MR) is 181 cm³/mol. The topological polar surface area (TPSA) is 3.24 Å². The van der Waals surface area contributed by atoms with E-state index in [-0.39, 0.29) is 10.8 Å². The molecule has 1 saturated heterocycles. The zero-order valence-corrected chi connectivity index (χ0v) is 29.7. The quantitative estimate of drug-likeness (QED) is 0.333. The van der Waals surface area contributed by atoms with Crippen LogP contribution in [0.3, 0.4) is 0 Å². The normalized spacial score (nSPS) is 30.0. The molecule has 1 heteroatoms. The summed E-state index contributed by atoms with van der Waals surface area (Å²) in [6.45, 7) is 26.6. The van der Waals surface area contributed by atoms with Crippen LogP contribution in [0, 0.1) is 36.5 Å². The van der Waals surface area contributed by atoms with Gasteiger partial charge in [0.25, 0.3) is 0 Å². The molecule has 234 valence electrons. The third-order valence-corrected chi connectivity index (χ3v) is 12.3. The van der Waals surface area contributed by atoms with Gasteiger partial charge in [0.05, 0.1) is 0 Å². The summed E-state index contributed by atoms with van der Waals surface area (Å²) in [6, 6.07) is 5.14. The Balaban J connectivity index is 1.24. The van der Waals surface area contributed by atoms with E-state index in [1.54, 1.807) is 16.7 Å². The summed E-state index contributed by atoms with van der Waals surface area (Å²) in [5.74, 6) is 4.80. The monoisotopic (exact) mass is 564 g/mol.